The number of benzene rings is 1. The van der Waals surface area contributed by atoms with Crippen LogP contribution in [-0.4, -0.2) is 64.3 Å². The van der Waals surface area contributed by atoms with E-state index in [2.05, 4.69) is 20.1 Å². The molecule has 0 atom stereocenters. The lowest BCUT2D eigenvalue weighted by molar-refractivity contribution is 0.195. The maximum Gasteiger partial charge on any atom is 0.193 e. The molecule has 1 aromatic carbocycles. The molecule has 0 aliphatic carbocycles. The van der Waals surface area contributed by atoms with Crippen LogP contribution in [0.4, 0.5) is 10.1 Å². The first-order valence-corrected chi connectivity index (χ1v) is 7.70. The van der Waals surface area contributed by atoms with Gasteiger partial charge >= 0.3 is 0 Å². The van der Waals surface area contributed by atoms with Crippen molar-refractivity contribution >= 4 is 11.6 Å². The summed E-state index contributed by atoms with van der Waals surface area (Å²) in [6, 6.07) is 6.95. The topological polar surface area (TPSA) is 40.1 Å². The largest absolute Gasteiger partial charge is 0.385 e. The number of nitrogens with one attached hydrogen (secondary N) is 1. The van der Waals surface area contributed by atoms with Crippen LogP contribution in [0, 0.1) is 5.82 Å². The maximum atomic E-state index is 13.8. The third-order valence-corrected chi connectivity index (χ3v) is 3.79. The number of guanidine groups is 1. The van der Waals surface area contributed by atoms with E-state index in [1.807, 2.05) is 12.1 Å². The third-order valence-electron chi connectivity index (χ3n) is 3.79. The number of rotatable bonds is 5. The molecule has 22 heavy (non-hydrogen) atoms. The Morgan fingerprint density at radius 3 is 2.64 bits per heavy atom. The number of hydrogen-bond donors (Lipinski definition) is 1. The summed E-state index contributed by atoms with van der Waals surface area (Å²) in [6.45, 7) is 4.83. The zero-order valence-corrected chi connectivity index (χ0v) is 13.4. The predicted molar refractivity (Wildman–Crippen MR) is 88.0 cm³/mol. The molecule has 1 aromatic rings. The molecule has 0 bridgehead atoms. The van der Waals surface area contributed by atoms with Crippen molar-refractivity contribution in [2.45, 2.75) is 6.42 Å². The number of anilines is 1. The van der Waals surface area contributed by atoms with Gasteiger partial charge in [0.15, 0.2) is 5.96 Å². The fourth-order valence-corrected chi connectivity index (χ4v) is 2.62. The highest BCUT2D eigenvalue weighted by Gasteiger charge is 2.21. The average Bonchev–Trinajstić information content (AvgIpc) is 2.56. The van der Waals surface area contributed by atoms with Crippen LogP contribution in [0.15, 0.2) is 29.3 Å². The molecule has 1 aliphatic heterocycles. The van der Waals surface area contributed by atoms with Crippen molar-refractivity contribution in [3.8, 4) is 0 Å². The van der Waals surface area contributed by atoms with Crippen LogP contribution in [0.2, 0.25) is 0 Å². The number of ether oxygens (including phenoxy) is 1. The monoisotopic (exact) mass is 308 g/mol. The molecule has 1 heterocycles. The zero-order valence-electron chi connectivity index (χ0n) is 13.4. The van der Waals surface area contributed by atoms with E-state index in [0.29, 0.717) is 5.69 Å². The minimum atomic E-state index is -0.155. The number of piperazine rings is 1. The smallest absolute Gasteiger partial charge is 0.193 e. The van der Waals surface area contributed by atoms with E-state index in [9.17, 15) is 4.39 Å². The number of hydrogen-bond acceptors (Lipinski definition) is 3. The first-order valence-electron chi connectivity index (χ1n) is 7.70. The van der Waals surface area contributed by atoms with Crippen LogP contribution in [0.1, 0.15) is 6.42 Å². The molecule has 1 N–H and O–H groups in total. The van der Waals surface area contributed by atoms with Crippen molar-refractivity contribution in [2.75, 3.05) is 58.4 Å². The first-order chi connectivity index (χ1) is 10.8. The van der Waals surface area contributed by atoms with Crippen LogP contribution in [0.25, 0.3) is 0 Å². The second kappa shape index (κ2) is 8.58. The number of aliphatic imine (C=N–C) groups is 1. The Bertz CT molecular complexity index is 487. The highest BCUT2D eigenvalue weighted by atomic mass is 19.1. The Balaban J connectivity index is 1.84. The molecular weight excluding hydrogens is 283 g/mol. The maximum absolute atomic E-state index is 13.8. The quantitative estimate of drug-likeness (QED) is 0.509. The Hall–Kier alpha value is -1.82. The first kappa shape index (κ1) is 16.5. The lowest BCUT2D eigenvalue weighted by atomic mass is 10.2. The molecule has 0 spiro atoms. The molecule has 0 saturated carbocycles. The van der Waals surface area contributed by atoms with Gasteiger partial charge in [0.05, 0.1) is 5.69 Å². The average molecular weight is 308 g/mol. The predicted octanol–water partition coefficient (Wildman–Crippen LogP) is 1.56. The molecule has 0 amide bonds. The number of nitrogens with zero attached hydrogens (tertiary/aromatic N) is 3. The van der Waals surface area contributed by atoms with Crippen LogP contribution in [0.3, 0.4) is 0 Å². The lowest BCUT2D eigenvalue weighted by Crippen LogP contribution is -2.52. The Kier molecular flexibility index (Phi) is 6.45. The van der Waals surface area contributed by atoms with Crippen LogP contribution in [-0.2, 0) is 4.74 Å². The summed E-state index contributed by atoms with van der Waals surface area (Å²) >= 11 is 0. The summed E-state index contributed by atoms with van der Waals surface area (Å²) in [4.78, 5) is 8.62. The van der Waals surface area contributed by atoms with E-state index < -0.39 is 0 Å². The van der Waals surface area contributed by atoms with Crippen molar-refractivity contribution in [3.05, 3.63) is 30.1 Å². The summed E-state index contributed by atoms with van der Waals surface area (Å²) in [7, 11) is 3.50. The summed E-state index contributed by atoms with van der Waals surface area (Å²) in [5.74, 6) is 0.752. The number of methoxy groups -OCH3 is 1. The molecule has 0 aromatic heterocycles. The fourth-order valence-electron chi connectivity index (χ4n) is 2.62. The third kappa shape index (κ3) is 4.34. The SMILES string of the molecule is CN=C(NCCCOC)N1CCN(c2ccccc2F)CC1. The van der Waals surface area contributed by atoms with E-state index in [1.165, 1.54) is 6.07 Å². The number of halogens is 1. The molecule has 1 saturated heterocycles. The fraction of sp³-hybridized carbons (Fsp3) is 0.562. The van der Waals surface area contributed by atoms with Crippen LogP contribution < -0.4 is 10.2 Å². The van der Waals surface area contributed by atoms with Gasteiger partial charge in [-0.15, -0.1) is 0 Å². The summed E-state index contributed by atoms with van der Waals surface area (Å²) < 4.78 is 18.9. The highest BCUT2D eigenvalue weighted by Crippen LogP contribution is 2.20. The molecule has 0 unspecified atom stereocenters. The highest BCUT2D eigenvalue weighted by molar-refractivity contribution is 5.80. The van der Waals surface area contributed by atoms with Gasteiger partial charge in [-0.05, 0) is 18.6 Å². The second-order valence-corrected chi connectivity index (χ2v) is 5.25. The Labute approximate surface area is 131 Å². The molecule has 1 fully saturated rings. The summed E-state index contributed by atoms with van der Waals surface area (Å²) in [6.07, 6.45) is 0.949. The van der Waals surface area contributed by atoms with Gasteiger partial charge in [-0.2, -0.15) is 0 Å². The molecule has 1 aliphatic rings. The van der Waals surface area contributed by atoms with E-state index in [0.717, 1.165) is 51.7 Å². The molecule has 2 rings (SSSR count). The van der Waals surface area contributed by atoms with Gasteiger partial charge in [0.25, 0.3) is 0 Å². The van der Waals surface area contributed by atoms with E-state index >= 15 is 0 Å². The van der Waals surface area contributed by atoms with Crippen molar-refractivity contribution in [2.24, 2.45) is 4.99 Å². The van der Waals surface area contributed by atoms with Gasteiger partial charge < -0.3 is 19.9 Å². The van der Waals surface area contributed by atoms with E-state index in [1.54, 1.807) is 20.2 Å². The van der Waals surface area contributed by atoms with Crippen molar-refractivity contribution in [3.63, 3.8) is 0 Å². The number of para-hydroxylation sites is 1. The minimum Gasteiger partial charge on any atom is -0.385 e. The standard InChI is InChI=1S/C16H25FN4O/c1-18-16(19-8-5-13-22-2)21-11-9-20(10-12-21)15-7-4-3-6-14(15)17/h3-4,6-7H,5,8-13H2,1-2H3,(H,18,19). The van der Waals surface area contributed by atoms with Gasteiger partial charge in [0.2, 0.25) is 0 Å². The summed E-state index contributed by atoms with van der Waals surface area (Å²) in [5, 5.41) is 3.34. The van der Waals surface area contributed by atoms with Crippen LogP contribution >= 0.6 is 0 Å². The van der Waals surface area contributed by atoms with Gasteiger partial charge in [0.1, 0.15) is 5.82 Å². The van der Waals surface area contributed by atoms with Gasteiger partial charge in [-0.3, -0.25) is 4.99 Å². The van der Waals surface area contributed by atoms with Crippen molar-refractivity contribution in [1.29, 1.82) is 0 Å². The molecule has 5 nitrogen and oxygen atoms in total. The second-order valence-electron chi connectivity index (χ2n) is 5.25. The van der Waals surface area contributed by atoms with Crippen molar-refractivity contribution in [1.82, 2.24) is 10.2 Å². The molecule has 6 heteroatoms. The molecule has 122 valence electrons. The summed E-state index contributed by atoms with van der Waals surface area (Å²) in [5.41, 5.74) is 0.685. The van der Waals surface area contributed by atoms with E-state index in [-0.39, 0.29) is 5.82 Å². The normalized spacial score (nSPS) is 16.0. The minimum absolute atomic E-state index is 0.155. The van der Waals surface area contributed by atoms with Crippen molar-refractivity contribution < 1.29 is 9.13 Å². The zero-order chi connectivity index (χ0) is 15.8. The van der Waals surface area contributed by atoms with Gasteiger partial charge in [0, 0.05) is 53.5 Å². The molecule has 0 radical (unpaired) electrons. The molecular formula is C16H25FN4O. The van der Waals surface area contributed by atoms with Gasteiger partial charge in [-0.25, -0.2) is 4.39 Å². The Morgan fingerprint density at radius 1 is 1.27 bits per heavy atom. The van der Waals surface area contributed by atoms with E-state index in [4.69, 9.17) is 4.74 Å². The van der Waals surface area contributed by atoms with Gasteiger partial charge in [-0.1, -0.05) is 12.1 Å². The lowest BCUT2D eigenvalue weighted by Gasteiger charge is -2.37. The van der Waals surface area contributed by atoms with Crippen LogP contribution in [0.5, 0.6) is 0 Å². The Morgan fingerprint density at radius 2 is 2.00 bits per heavy atom.